The Kier molecular flexibility index (Phi) is 4.06. The summed E-state index contributed by atoms with van der Waals surface area (Å²) in [6.07, 6.45) is 0. The molecule has 0 aliphatic carbocycles. The van der Waals surface area contributed by atoms with Crippen LogP contribution in [0.1, 0.15) is 21.5 Å². The van der Waals surface area contributed by atoms with Crippen molar-refractivity contribution in [2.45, 2.75) is 13.5 Å². The van der Waals surface area contributed by atoms with Crippen molar-refractivity contribution in [3.8, 4) is 0 Å². The van der Waals surface area contributed by atoms with Crippen LogP contribution in [-0.4, -0.2) is 13.1 Å². The van der Waals surface area contributed by atoms with Gasteiger partial charge in [0.25, 0.3) is 0 Å². The Hall–Kier alpha value is -2.01. The molecule has 19 heavy (non-hydrogen) atoms. The molecule has 0 bridgehead atoms. The Morgan fingerprint density at radius 3 is 2.84 bits per heavy atom. The maximum absolute atomic E-state index is 11.5. The second kappa shape index (κ2) is 5.75. The van der Waals surface area contributed by atoms with Crippen molar-refractivity contribution in [1.29, 1.82) is 0 Å². The molecule has 0 saturated carbocycles. The summed E-state index contributed by atoms with van der Waals surface area (Å²) in [7, 11) is 1.36. The molecule has 0 aliphatic heterocycles. The van der Waals surface area contributed by atoms with E-state index in [9.17, 15) is 4.79 Å². The number of methoxy groups -OCH3 is 1. The van der Waals surface area contributed by atoms with Crippen molar-refractivity contribution < 1.29 is 9.53 Å². The summed E-state index contributed by atoms with van der Waals surface area (Å²) in [5.41, 5.74) is 10.2. The number of nitrogens with one attached hydrogen (secondary N) is 1. The highest BCUT2D eigenvalue weighted by molar-refractivity contribution is 7.08. The third-order valence-corrected chi connectivity index (χ3v) is 3.82. The molecule has 3 N–H and O–H groups in total. The standard InChI is InChI=1S/C14H16N2O2S/c1-9-7-19-8-11(9)6-16-13-5-10(14(17)18-2)3-4-12(13)15/h3-5,7-8,16H,6,15H2,1-2H3. The Morgan fingerprint density at radius 2 is 2.21 bits per heavy atom. The summed E-state index contributed by atoms with van der Waals surface area (Å²) < 4.78 is 4.69. The van der Waals surface area contributed by atoms with Crippen LogP contribution in [0.3, 0.4) is 0 Å². The van der Waals surface area contributed by atoms with E-state index in [2.05, 4.69) is 23.0 Å². The first kappa shape index (κ1) is 13.4. The smallest absolute Gasteiger partial charge is 0.337 e. The summed E-state index contributed by atoms with van der Waals surface area (Å²) in [4.78, 5) is 11.5. The highest BCUT2D eigenvalue weighted by Gasteiger charge is 2.08. The molecule has 1 heterocycles. The van der Waals surface area contributed by atoms with Gasteiger partial charge in [-0.15, -0.1) is 0 Å². The van der Waals surface area contributed by atoms with Gasteiger partial charge in [0.2, 0.25) is 0 Å². The van der Waals surface area contributed by atoms with E-state index >= 15 is 0 Å². The van der Waals surface area contributed by atoms with Crippen LogP contribution in [0.25, 0.3) is 0 Å². The quantitative estimate of drug-likeness (QED) is 0.665. The molecule has 0 spiro atoms. The number of hydrogen-bond acceptors (Lipinski definition) is 5. The summed E-state index contributed by atoms with van der Waals surface area (Å²) in [6, 6.07) is 5.07. The minimum Gasteiger partial charge on any atom is -0.465 e. The van der Waals surface area contributed by atoms with Gasteiger partial charge in [0, 0.05) is 6.54 Å². The average molecular weight is 276 g/mol. The average Bonchev–Trinajstić information content (AvgIpc) is 2.82. The maximum Gasteiger partial charge on any atom is 0.337 e. The lowest BCUT2D eigenvalue weighted by atomic mass is 10.1. The highest BCUT2D eigenvalue weighted by atomic mass is 32.1. The van der Waals surface area contributed by atoms with Gasteiger partial charge in [0.05, 0.1) is 24.0 Å². The lowest BCUT2D eigenvalue weighted by Gasteiger charge is -2.10. The van der Waals surface area contributed by atoms with Crippen LogP contribution in [0, 0.1) is 6.92 Å². The Balaban J connectivity index is 2.15. The number of thiophene rings is 1. The van der Waals surface area contributed by atoms with Crippen LogP contribution in [0.2, 0.25) is 0 Å². The lowest BCUT2D eigenvalue weighted by Crippen LogP contribution is -2.06. The fraction of sp³-hybridized carbons (Fsp3) is 0.214. The zero-order chi connectivity index (χ0) is 13.8. The normalized spacial score (nSPS) is 10.2. The summed E-state index contributed by atoms with van der Waals surface area (Å²) >= 11 is 1.67. The molecule has 100 valence electrons. The van der Waals surface area contributed by atoms with Gasteiger partial charge in [-0.2, -0.15) is 11.3 Å². The first-order valence-corrected chi connectivity index (χ1v) is 6.79. The molecule has 0 fully saturated rings. The van der Waals surface area contributed by atoms with E-state index in [-0.39, 0.29) is 5.97 Å². The number of nitrogen functional groups attached to an aromatic ring is 1. The molecule has 0 radical (unpaired) electrons. The van der Waals surface area contributed by atoms with Gasteiger partial charge in [0.1, 0.15) is 0 Å². The SMILES string of the molecule is COC(=O)c1ccc(N)c(NCc2cscc2C)c1. The Morgan fingerprint density at radius 1 is 1.42 bits per heavy atom. The van der Waals surface area contributed by atoms with Gasteiger partial charge in [-0.05, 0) is 47.0 Å². The van der Waals surface area contributed by atoms with Crippen LogP contribution in [0.5, 0.6) is 0 Å². The lowest BCUT2D eigenvalue weighted by molar-refractivity contribution is 0.0601. The summed E-state index contributed by atoms with van der Waals surface area (Å²) in [5, 5.41) is 7.45. The van der Waals surface area contributed by atoms with Crippen molar-refractivity contribution in [2.75, 3.05) is 18.2 Å². The summed E-state index contributed by atoms with van der Waals surface area (Å²) in [6.45, 7) is 2.76. The van der Waals surface area contributed by atoms with Gasteiger partial charge >= 0.3 is 5.97 Å². The fourth-order valence-corrected chi connectivity index (χ4v) is 2.57. The molecular weight excluding hydrogens is 260 g/mol. The second-order valence-electron chi connectivity index (χ2n) is 4.23. The zero-order valence-corrected chi connectivity index (χ0v) is 11.7. The summed E-state index contributed by atoms with van der Waals surface area (Å²) in [5.74, 6) is -0.366. The minimum absolute atomic E-state index is 0.366. The van der Waals surface area contributed by atoms with E-state index < -0.39 is 0 Å². The molecule has 2 rings (SSSR count). The van der Waals surface area contributed by atoms with Gasteiger partial charge in [-0.25, -0.2) is 4.79 Å². The molecule has 0 unspecified atom stereocenters. The number of hydrogen-bond donors (Lipinski definition) is 2. The fourth-order valence-electron chi connectivity index (χ4n) is 1.71. The molecule has 0 aliphatic rings. The Labute approximate surface area is 116 Å². The van der Waals surface area contributed by atoms with Gasteiger partial charge in [-0.1, -0.05) is 0 Å². The van der Waals surface area contributed by atoms with Crippen LogP contribution in [0.4, 0.5) is 11.4 Å². The highest BCUT2D eigenvalue weighted by Crippen LogP contribution is 2.22. The number of nitrogens with two attached hydrogens (primary N) is 1. The van der Waals surface area contributed by atoms with Crippen LogP contribution in [0.15, 0.2) is 29.0 Å². The molecule has 1 aromatic carbocycles. The first-order valence-electron chi connectivity index (χ1n) is 5.85. The third-order valence-electron chi connectivity index (χ3n) is 2.91. The zero-order valence-electron chi connectivity index (χ0n) is 10.9. The third kappa shape index (κ3) is 3.06. The van der Waals surface area contributed by atoms with E-state index in [1.54, 1.807) is 29.5 Å². The molecular formula is C14H16N2O2S. The van der Waals surface area contributed by atoms with E-state index in [1.165, 1.54) is 18.2 Å². The van der Waals surface area contributed by atoms with E-state index in [0.29, 0.717) is 17.8 Å². The number of carbonyl (C=O) groups is 1. The predicted octanol–water partition coefficient (Wildman–Crippen LogP) is 3.04. The molecule has 4 nitrogen and oxygen atoms in total. The van der Waals surface area contributed by atoms with Crippen LogP contribution < -0.4 is 11.1 Å². The molecule has 5 heteroatoms. The number of aryl methyl sites for hydroxylation is 1. The van der Waals surface area contributed by atoms with Gasteiger partial charge in [0.15, 0.2) is 0 Å². The second-order valence-corrected chi connectivity index (χ2v) is 4.97. The molecule has 0 amide bonds. The number of anilines is 2. The molecule has 0 saturated heterocycles. The van der Waals surface area contributed by atoms with Gasteiger partial charge in [-0.3, -0.25) is 0 Å². The van der Waals surface area contributed by atoms with Crippen molar-refractivity contribution >= 4 is 28.7 Å². The maximum atomic E-state index is 11.5. The Bertz CT molecular complexity index is 593. The topological polar surface area (TPSA) is 64.3 Å². The van der Waals surface area contributed by atoms with E-state index in [0.717, 1.165) is 5.69 Å². The number of rotatable bonds is 4. The largest absolute Gasteiger partial charge is 0.465 e. The predicted molar refractivity (Wildman–Crippen MR) is 78.6 cm³/mol. The number of ether oxygens (including phenoxy) is 1. The minimum atomic E-state index is -0.366. The molecule has 1 aromatic heterocycles. The first-order chi connectivity index (χ1) is 9.11. The van der Waals surface area contributed by atoms with Gasteiger partial charge < -0.3 is 15.8 Å². The van der Waals surface area contributed by atoms with E-state index in [4.69, 9.17) is 10.5 Å². The molecule has 2 aromatic rings. The number of benzene rings is 1. The van der Waals surface area contributed by atoms with Crippen molar-refractivity contribution in [2.24, 2.45) is 0 Å². The van der Waals surface area contributed by atoms with Crippen molar-refractivity contribution in [3.63, 3.8) is 0 Å². The van der Waals surface area contributed by atoms with Crippen molar-refractivity contribution in [3.05, 3.63) is 45.6 Å². The van der Waals surface area contributed by atoms with Crippen LogP contribution in [-0.2, 0) is 11.3 Å². The van der Waals surface area contributed by atoms with E-state index in [1.807, 2.05) is 0 Å². The molecule has 0 atom stereocenters. The number of esters is 1. The van der Waals surface area contributed by atoms with Crippen molar-refractivity contribution in [1.82, 2.24) is 0 Å². The number of carbonyl (C=O) groups excluding carboxylic acids is 1. The van der Waals surface area contributed by atoms with Crippen LogP contribution >= 0.6 is 11.3 Å². The monoisotopic (exact) mass is 276 g/mol.